The number of carbonyl (C=O) groups is 4. The van der Waals surface area contributed by atoms with Gasteiger partial charge >= 0.3 is 18.2 Å². The molecule has 408 valence electrons. The minimum atomic E-state index is -0.740. The zero-order chi connectivity index (χ0) is 50.9. The summed E-state index contributed by atoms with van der Waals surface area (Å²) in [5, 5.41) is 8.31. The van der Waals surface area contributed by atoms with Crippen LogP contribution in [0.4, 0.5) is 9.59 Å². The van der Waals surface area contributed by atoms with Gasteiger partial charge in [0.25, 0.3) is 0 Å². The Bertz CT molecular complexity index is 1200. The fraction of sp³-hybridized carbons (Fsp3) is 0.930. The van der Waals surface area contributed by atoms with E-state index in [1.807, 2.05) is 27.7 Å². The van der Waals surface area contributed by atoms with Gasteiger partial charge in [-0.1, -0.05) is 206 Å². The molecule has 69 heavy (non-hydrogen) atoms. The van der Waals surface area contributed by atoms with Gasteiger partial charge in [-0.15, -0.1) is 0 Å². The number of unbranched alkanes of at least 4 members (excludes halogenated alkanes) is 30. The number of hydrogen-bond donors (Lipinski definition) is 3. The molecule has 0 radical (unpaired) electrons. The van der Waals surface area contributed by atoms with Crippen LogP contribution in [-0.4, -0.2) is 87.9 Å². The van der Waals surface area contributed by atoms with Gasteiger partial charge in [-0.05, 0) is 59.8 Å². The smallest absolute Gasteiger partial charge is 0.407 e. The van der Waals surface area contributed by atoms with Gasteiger partial charge in [0.2, 0.25) is 5.91 Å². The molecule has 0 aliphatic rings. The van der Waals surface area contributed by atoms with Gasteiger partial charge in [0.1, 0.15) is 6.61 Å². The molecule has 0 heterocycles. The van der Waals surface area contributed by atoms with Crippen molar-refractivity contribution >= 4 is 24.1 Å². The van der Waals surface area contributed by atoms with E-state index in [4.69, 9.17) is 23.7 Å². The molecule has 1 unspecified atom stereocenters. The van der Waals surface area contributed by atoms with Crippen LogP contribution >= 0.6 is 0 Å². The largest absolute Gasteiger partial charge is 0.463 e. The van der Waals surface area contributed by atoms with Crippen molar-refractivity contribution in [2.75, 3.05) is 46.6 Å². The molecule has 0 aliphatic carbocycles. The van der Waals surface area contributed by atoms with E-state index in [1.165, 1.54) is 167 Å². The lowest BCUT2D eigenvalue weighted by atomic mass is 10.0. The lowest BCUT2D eigenvalue weighted by Crippen LogP contribution is -2.47. The second-order valence-corrected chi connectivity index (χ2v) is 21.1. The van der Waals surface area contributed by atoms with Crippen molar-refractivity contribution in [1.29, 1.82) is 0 Å². The van der Waals surface area contributed by atoms with Crippen molar-refractivity contribution in [1.82, 2.24) is 16.0 Å². The van der Waals surface area contributed by atoms with E-state index < -0.39 is 24.2 Å². The Morgan fingerprint density at radius 1 is 0.435 bits per heavy atom. The summed E-state index contributed by atoms with van der Waals surface area (Å²) in [7, 11) is 1.70. The first kappa shape index (κ1) is 66.4. The molecule has 0 spiro atoms. The second kappa shape index (κ2) is 47.7. The van der Waals surface area contributed by atoms with Crippen LogP contribution < -0.4 is 16.0 Å². The predicted octanol–water partition coefficient (Wildman–Crippen LogP) is 15.2. The topological polar surface area (TPSA) is 151 Å². The van der Waals surface area contributed by atoms with Crippen molar-refractivity contribution in [3.8, 4) is 0 Å². The summed E-state index contributed by atoms with van der Waals surface area (Å²) in [4.78, 5) is 50.5. The number of alkyl carbamates (subject to hydrolysis) is 2. The van der Waals surface area contributed by atoms with Gasteiger partial charge in [-0.25, -0.2) is 9.59 Å². The summed E-state index contributed by atoms with van der Waals surface area (Å²) in [6.45, 7) is 14.1. The van der Waals surface area contributed by atoms with Crippen LogP contribution in [-0.2, 0) is 33.3 Å². The van der Waals surface area contributed by atoms with Gasteiger partial charge in [-0.2, -0.15) is 0 Å². The van der Waals surface area contributed by atoms with Gasteiger partial charge in [0.05, 0.1) is 43.5 Å². The Hall–Kier alpha value is -2.60. The highest BCUT2D eigenvalue weighted by Gasteiger charge is 2.22. The van der Waals surface area contributed by atoms with E-state index in [1.54, 1.807) is 7.11 Å². The van der Waals surface area contributed by atoms with E-state index >= 15 is 0 Å². The van der Waals surface area contributed by atoms with Crippen LogP contribution in [0.1, 0.15) is 279 Å². The zero-order valence-corrected chi connectivity index (χ0v) is 46.2. The molecule has 0 saturated carbocycles. The maximum Gasteiger partial charge on any atom is 0.407 e. The first-order valence-corrected chi connectivity index (χ1v) is 28.8. The van der Waals surface area contributed by atoms with Crippen LogP contribution in [0.3, 0.4) is 0 Å². The van der Waals surface area contributed by atoms with E-state index in [0.717, 1.165) is 57.8 Å². The molecule has 0 aromatic carbocycles. The van der Waals surface area contributed by atoms with E-state index in [0.29, 0.717) is 19.8 Å². The highest BCUT2D eigenvalue weighted by Crippen LogP contribution is 2.20. The molecular formula is C57H111N3O9. The first-order valence-electron chi connectivity index (χ1n) is 28.8. The molecule has 3 amide bonds. The van der Waals surface area contributed by atoms with Crippen LogP contribution in [0.25, 0.3) is 0 Å². The standard InChI is InChI=1S/C57H111N3O9/c1-8-10-12-14-16-18-20-22-24-26-28-30-32-34-36-38-46-66-54(63)59-49-51(60-55(64)67-47-39-37-35-33-31-29-27-25-23-21-19-17-15-13-11-9-2)50-68-53(62)42-41-52(61)58-45-40-43-57(5,6)69-48-44-56(3,4)65-7/h51H,8-50H2,1-7H3,(H,58,61)(H,59,63)(H,60,64). The Kier molecular flexibility index (Phi) is 45.9. The number of amides is 3. The second-order valence-electron chi connectivity index (χ2n) is 21.1. The number of methoxy groups -OCH3 is 1. The van der Waals surface area contributed by atoms with Crippen molar-refractivity contribution in [3.05, 3.63) is 0 Å². The van der Waals surface area contributed by atoms with Crippen LogP contribution in [0.15, 0.2) is 0 Å². The fourth-order valence-corrected chi connectivity index (χ4v) is 8.31. The molecule has 0 aromatic heterocycles. The Morgan fingerprint density at radius 2 is 0.841 bits per heavy atom. The third kappa shape index (κ3) is 48.8. The van der Waals surface area contributed by atoms with Crippen LogP contribution in [0, 0.1) is 0 Å². The number of hydrogen-bond acceptors (Lipinski definition) is 9. The van der Waals surface area contributed by atoms with Gasteiger partial charge in [0, 0.05) is 26.6 Å². The number of esters is 1. The molecule has 1 atom stereocenters. The summed E-state index contributed by atoms with van der Waals surface area (Å²) < 4.78 is 27.8. The molecule has 0 aliphatic heterocycles. The Morgan fingerprint density at radius 3 is 1.26 bits per heavy atom. The monoisotopic (exact) mass is 982 g/mol. The quantitative estimate of drug-likeness (QED) is 0.0307. The maximum atomic E-state index is 12.8. The van der Waals surface area contributed by atoms with Gasteiger partial charge < -0.3 is 39.6 Å². The summed E-state index contributed by atoms with van der Waals surface area (Å²) in [6, 6.07) is -0.740. The normalized spacial score (nSPS) is 12.2. The summed E-state index contributed by atoms with van der Waals surface area (Å²) >= 11 is 0. The molecule has 0 fully saturated rings. The van der Waals surface area contributed by atoms with E-state index in [9.17, 15) is 19.2 Å². The molecule has 0 rings (SSSR count). The molecular weight excluding hydrogens is 871 g/mol. The first-order chi connectivity index (χ1) is 33.3. The zero-order valence-electron chi connectivity index (χ0n) is 46.2. The van der Waals surface area contributed by atoms with Crippen molar-refractivity contribution in [2.45, 2.75) is 296 Å². The molecule has 12 heteroatoms. The number of ether oxygens (including phenoxy) is 5. The van der Waals surface area contributed by atoms with E-state index in [-0.39, 0.29) is 49.7 Å². The highest BCUT2D eigenvalue weighted by molar-refractivity contribution is 5.81. The average Bonchev–Trinajstić information content (AvgIpc) is 3.32. The summed E-state index contributed by atoms with van der Waals surface area (Å²) in [5.74, 6) is -0.813. The number of carbonyl (C=O) groups excluding carboxylic acids is 4. The predicted molar refractivity (Wildman–Crippen MR) is 285 cm³/mol. The molecule has 0 bridgehead atoms. The molecule has 0 aromatic rings. The van der Waals surface area contributed by atoms with Crippen molar-refractivity contribution < 1.29 is 42.9 Å². The average molecular weight is 983 g/mol. The molecule has 3 N–H and O–H groups in total. The lowest BCUT2D eigenvalue weighted by Gasteiger charge is -2.29. The van der Waals surface area contributed by atoms with Gasteiger partial charge in [0.15, 0.2) is 0 Å². The maximum absolute atomic E-state index is 12.8. The third-order valence-corrected chi connectivity index (χ3v) is 13.3. The van der Waals surface area contributed by atoms with Crippen molar-refractivity contribution in [2.24, 2.45) is 0 Å². The summed E-state index contributed by atoms with van der Waals surface area (Å²) in [5.41, 5.74) is -0.577. The SMILES string of the molecule is CCCCCCCCCCCCCCCCCCOC(=O)NCC(COC(=O)CCC(=O)NCCCC(C)(C)OCCC(C)(C)OC)NC(=O)OCCCCCCCCCCCCCCCCCC. The summed E-state index contributed by atoms with van der Waals surface area (Å²) in [6.07, 6.45) is 41.6. The molecule has 12 nitrogen and oxygen atoms in total. The Balaban J connectivity index is 4.52. The fourth-order valence-electron chi connectivity index (χ4n) is 8.31. The van der Waals surface area contributed by atoms with Gasteiger partial charge in [-0.3, -0.25) is 9.59 Å². The minimum Gasteiger partial charge on any atom is -0.463 e. The van der Waals surface area contributed by atoms with E-state index in [2.05, 4.69) is 29.8 Å². The number of rotatable bonds is 51. The van der Waals surface area contributed by atoms with Crippen LogP contribution in [0.5, 0.6) is 0 Å². The van der Waals surface area contributed by atoms with Crippen molar-refractivity contribution in [3.63, 3.8) is 0 Å². The van der Waals surface area contributed by atoms with Crippen LogP contribution in [0.2, 0.25) is 0 Å². The molecule has 0 saturated heterocycles. The highest BCUT2D eigenvalue weighted by atomic mass is 16.6. The minimum absolute atomic E-state index is 0.0100. The third-order valence-electron chi connectivity index (χ3n) is 13.3. The number of nitrogens with one attached hydrogen (secondary N) is 3. The Labute approximate surface area is 424 Å². The lowest BCUT2D eigenvalue weighted by molar-refractivity contribution is -0.145.